The fourth-order valence-electron chi connectivity index (χ4n) is 0.452. The van der Waals surface area contributed by atoms with E-state index in [0.29, 0.717) is 6.61 Å². The summed E-state index contributed by atoms with van der Waals surface area (Å²) in [6.45, 7) is 4.22. The number of carbonyl (C=O) groups excluding carboxylic acids is 1. The van der Waals surface area contributed by atoms with Gasteiger partial charge in [0.25, 0.3) is 0 Å². The predicted molar refractivity (Wildman–Crippen MR) is 41.2 cm³/mol. The van der Waals surface area contributed by atoms with Crippen molar-refractivity contribution in [3.8, 4) is 0 Å². The summed E-state index contributed by atoms with van der Waals surface area (Å²) in [5, 5.41) is 0. The summed E-state index contributed by atoms with van der Waals surface area (Å²) in [5.41, 5.74) is 5.48. The van der Waals surface area contributed by atoms with E-state index in [9.17, 15) is 4.79 Å². The Morgan fingerprint density at radius 2 is 2.09 bits per heavy atom. The van der Waals surface area contributed by atoms with Gasteiger partial charge in [0.05, 0.1) is 6.61 Å². The molecule has 11 heavy (non-hydrogen) atoms. The molecule has 0 fully saturated rings. The average Bonchev–Trinajstić information content (AvgIpc) is 2.01. The van der Waals surface area contributed by atoms with Gasteiger partial charge in [0.15, 0.2) is 0 Å². The quantitative estimate of drug-likeness (QED) is 0.622. The SMILES string of the molecule is CCOC(=O)OCC(N)CC. The van der Waals surface area contributed by atoms with E-state index in [2.05, 4.69) is 9.47 Å². The van der Waals surface area contributed by atoms with Crippen molar-refractivity contribution in [3.05, 3.63) is 0 Å². The van der Waals surface area contributed by atoms with Gasteiger partial charge in [0.1, 0.15) is 6.61 Å². The molecule has 4 nitrogen and oxygen atoms in total. The molecule has 0 heterocycles. The molecular weight excluding hydrogens is 146 g/mol. The summed E-state index contributed by atoms with van der Waals surface area (Å²) in [5.74, 6) is 0. The zero-order valence-corrected chi connectivity index (χ0v) is 7.00. The first-order valence-electron chi connectivity index (χ1n) is 3.75. The van der Waals surface area contributed by atoms with Crippen LogP contribution in [0.15, 0.2) is 0 Å². The largest absolute Gasteiger partial charge is 0.508 e. The number of ether oxygens (including phenoxy) is 2. The van der Waals surface area contributed by atoms with Crippen LogP contribution in [0.25, 0.3) is 0 Å². The standard InChI is InChI=1S/C7H15NO3/c1-3-6(8)5-11-7(9)10-4-2/h6H,3-5,8H2,1-2H3. The van der Waals surface area contributed by atoms with Crippen LogP contribution in [0, 0.1) is 0 Å². The van der Waals surface area contributed by atoms with E-state index < -0.39 is 6.16 Å². The lowest BCUT2D eigenvalue weighted by Crippen LogP contribution is -2.26. The maximum Gasteiger partial charge on any atom is 0.508 e. The van der Waals surface area contributed by atoms with Crippen LogP contribution < -0.4 is 5.73 Å². The number of hydrogen-bond donors (Lipinski definition) is 1. The summed E-state index contributed by atoms with van der Waals surface area (Å²) < 4.78 is 9.17. The van der Waals surface area contributed by atoms with Gasteiger partial charge in [-0.05, 0) is 13.3 Å². The van der Waals surface area contributed by atoms with E-state index in [0.717, 1.165) is 6.42 Å². The number of hydrogen-bond acceptors (Lipinski definition) is 4. The van der Waals surface area contributed by atoms with Crippen molar-refractivity contribution in [2.45, 2.75) is 26.3 Å². The molecule has 0 saturated heterocycles. The first-order chi connectivity index (χ1) is 5.20. The molecule has 0 amide bonds. The number of rotatable bonds is 4. The van der Waals surface area contributed by atoms with Gasteiger partial charge in [0, 0.05) is 6.04 Å². The molecule has 0 aromatic carbocycles. The lowest BCUT2D eigenvalue weighted by Gasteiger charge is -2.08. The molecular formula is C7H15NO3. The van der Waals surface area contributed by atoms with Gasteiger partial charge >= 0.3 is 6.16 Å². The molecule has 0 aromatic heterocycles. The van der Waals surface area contributed by atoms with Crippen LogP contribution >= 0.6 is 0 Å². The van der Waals surface area contributed by atoms with Crippen molar-refractivity contribution in [3.63, 3.8) is 0 Å². The van der Waals surface area contributed by atoms with Gasteiger partial charge in [-0.15, -0.1) is 0 Å². The van der Waals surface area contributed by atoms with Gasteiger partial charge in [-0.25, -0.2) is 4.79 Å². The van der Waals surface area contributed by atoms with Crippen LogP contribution in [0.1, 0.15) is 20.3 Å². The molecule has 0 aromatic rings. The topological polar surface area (TPSA) is 61.5 Å². The van der Waals surface area contributed by atoms with Gasteiger partial charge < -0.3 is 15.2 Å². The third kappa shape index (κ3) is 5.66. The monoisotopic (exact) mass is 161 g/mol. The summed E-state index contributed by atoms with van der Waals surface area (Å²) in [6, 6.07) is -0.0839. The second-order valence-electron chi connectivity index (χ2n) is 2.16. The highest BCUT2D eigenvalue weighted by molar-refractivity contribution is 5.59. The van der Waals surface area contributed by atoms with Gasteiger partial charge in [-0.1, -0.05) is 6.92 Å². The fraction of sp³-hybridized carbons (Fsp3) is 0.857. The molecule has 0 rings (SSSR count). The van der Waals surface area contributed by atoms with E-state index in [1.807, 2.05) is 6.92 Å². The first-order valence-corrected chi connectivity index (χ1v) is 3.75. The van der Waals surface area contributed by atoms with Crippen molar-refractivity contribution in [2.24, 2.45) is 5.73 Å². The van der Waals surface area contributed by atoms with E-state index in [4.69, 9.17) is 5.73 Å². The summed E-state index contributed by atoms with van der Waals surface area (Å²) in [4.78, 5) is 10.6. The molecule has 2 N–H and O–H groups in total. The zero-order valence-electron chi connectivity index (χ0n) is 7.00. The van der Waals surface area contributed by atoms with Gasteiger partial charge in [-0.2, -0.15) is 0 Å². The Hall–Kier alpha value is -0.770. The molecule has 1 atom stereocenters. The van der Waals surface area contributed by atoms with Gasteiger partial charge in [0.2, 0.25) is 0 Å². The molecule has 0 bridgehead atoms. The molecule has 0 spiro atoms. The fourth-order valence-corrected chi connectivity index (χ4v) is 0.452. The van der Waals surface area contributed by atoms with E-state index in [1.165, 1.54) is 0 Å². The lowest BCUT2D eigenvalue weighted by atomic mass is 10.3. The minimum Gasteiger partial charge on any atom is -0.435 e. The molecule has 0 aliphatic carbocycles. The van der Waals surface area contributed by atoms with Crippen LogP contribution in [0.2, 0.25) is 0 Å². The van der Waals surface area contributed by atoms with Crippen LogP contribution in [-0.2, 0) is 9.47 Å². The third-order valence-electron chi connectivity index (χ3n) is 1.20. The summed E-state index contributed by atoms with van der Waals surface area (Å²) in [6.07, 6.45) is 0.149. The highest BCUT2D eigenvalue weighted by Crippen LogP contribution is 1.90. The Morgan fingerprint density at radius 1 is 1.45 bits per heavy atom. The average molecular weight is 161 g/mol. The zero-order chi connectivity index (χ0) is 8.69. The first kappa shape index (κ1) is 10.2. The van der Waals surface area contributed by atoms with Crippen LogP contribution in [-0.4, -0.2) is 25.4 Å². The maximum atomic E-state index is 10.6. The Morgan fingerprint density at radius 3 is 2.55 bits per heavy atom. The van der Waals surface area contributed by atoms with Crippen molar-refractivity contribution in [1.29, 1.82) is 0 Å². The summed E-state index contributed by atoms with van der Waals surface area (Å²) in [7, 11) is 0. The van der Waals surface area contributed by atoms with E-state index in [-0.39, 0.29) is 12.6 Å². The Kier molecular flexibility index (Phi) is 5.56. The highest BCUT2D eigenvalue weighted by atomic mass is 16.7. The molecule has 0 saturated carbocycles. The Balaban J connectivity index is 3.30. The smallest absolute Gasteiger partial charge is 0.435 e. The van der Waals surface area contributed by atoms with Crippen LogP contribution in [0.3, 0.4) is 0 Å². The normalized spacial score (nSPS) is 12.3. The molecule has 0 aliphatic heterocycles. The number of nitrogens with two attached hydrogens (primary N) is 1. The second kappa shape index (κ2) is 5.97. The minimum absolute atomic E-state index is 0.0839. The van der Waals surface area contributed by atoms with Crippen molar-refractivity contribution in [2.75, 3.05) is 13.2 Å². The minimum atomic E-state index is -0.642. The van der Waals surface area contributed by atoms with Crippen LogP contribution in [0.5, 0.6) is 0 Å². The lowest BCUT2D eigenvalue weighted by molar-refractivity contribution is 0.0547. The third-order valence-corrected chi connectivity index (χ3v) is 1.20. The maximum absolute atomic E-state index is 10.6. The Labute approximate surface area is 66.7 Å². The summed E-state index contributed by atoms with van der Waals surface area (Å²) >= 11 is 0. The van der Waals surface area contributed by atoms with Crippen molar-refractivity contribution >= 4 is 6.16 Å². The van der Waals surface area contributed by atoms with E-state index in [1.54, 1.807) is 6.92 Å². The van der Waals surface area contributed by atoms with Gasteiger partial charge in [-0.3, -0.25) is 0 Å². The van der Waals surface area contributed by atoms with Crippen LogP contribution in [0.4, 0.5) is 4.79 Å². The molecule has 1 unspecified atom stereocenters. The Bertz CT molecular complexity index is 116. The molecule has 66 valence electrons. The van der Waals surface area contributed by atoms with E-state index >= 15 is 0 Å². The molecule has 0 aliphatic rings. The molecule has 0 radical (unpaired) electrons. The highest BCUT2D eigenvalue weighted by Gasteiger charge is 2.04. The molecule has 4 heteroatoms. The van der Waals surface area contributed by atoms with Crippen molar-refractivity contribution in [1.82, 2.24) is 0 Å². The predicted octanol–water partition coefficient (Wildman–Crippen LogP) is 0.897. The second-order valence-corrected chi connectivity index (χ2v) is 2.16. The number of carbonyl (C=O) groups is 1. The van der Waals surface area contributed by atoms with Crippen molar-refractivity contribution < 1.29 is 14.3 Å².